The fourth-order valence-electron chi connectivity index (χ4n) is 5.01. The van der Waals surface area contributed by atoms with Gasteiger partial charge in [0.2, 0.25) is 5.91 Å². The highest BCUT2D eigenvalue weighted by Gasteiger charge is 2.40. The lowest BCUT2D eigenvalue weighted by molar-refractivity contribution is -0.123. The zero-order valence-electron chi connectivity index (χ0n) is 22.5. The Bertz CT molecular complexity index is 1570. The number of fused-ring (bicyclic) bond motifs is 1. The van der Waals surface area contributed by atoms with Gasteiger partial charge in [-0.1, -0.05) is 74.0 Å². The van der Waals surface area contributed by atoms with Crippen molar-refractivity contribution in [1.29, 1.82) is 0 Å². The van der Waals surface area contributed by atoms with Crippen molar-refractivity contribution in [2.75, 3.05) is 13.6 Å². The molecule has 2 unspecified atom stereocenters. The number of ether oxygens (including phenoxy) is 1. The van der Waals surface area contributed by atoms with Gasteiger partial charge in [0.1, 0.15) is 23.6 Å². The van der Waals surface area contributed by atoms with Crippen molar-refractivity contribution < 1.29 is 18.7 Å². The van der Waals surface area contributed by atoms with Crippen molar-refractivity contribution in [3.63, 3.8) is 0 Å². The molecule has 0 bridgehead atoms. The Labute approximate surface area is 238 Å². The van der Waals surface area contributed by atoms with E-state index in [0.717, 1.165) is 27.8 Å². The van der Waals surface area contributed by atoms with Crippen molar-refractivity contribution in [3.8, 4) is 28.0 Å². The van der Waals surface area contributed by atoms with Crippen LogP contribution in [0.15, 0.2) is 84.9 Å². The summed E-state index contributed by atoms with van der Waals surface area (Å²) >= 11 is 6.51. The Hall–Kier alpha value is -4.16. The van der Waals surface area contributed by atoms with Crippen molar-refractivity contribution in [1.82, 2.24) is 10.6 Å². The summed E-state index contributed by atoms with van der Waals surface area (Å²) in [6.07, 6.45) is -0.592. The minimum Gasteiger partial charge on any atom is -0.484 e. The molecule has 4 aromatic rings. The quantitative estimate of drug-likeness (QED) is 0.254. The standard InChI is InChI=1S/C33H30ClFN2O3/c1-19(2)18-37-32(38)26-16-21(10-14-24(26)25-6-4-5-7-28(25)34)22-11-15-29-27(17-22)30(33(39)36-3)31(40-29)20-8-12-23(35)13-9-20/h4-17,19,30-31H,18H2,1-3H3,(H,36,39)(H,37,38). The summed E-state index contributed by atoms with van der Waals surface area (Å²) in [7, 11) is 1.58. The number of hydrogen-bond acceptors (Lipinski definition) is 3. The molecule has 7 heteroatoms. The molecule has 1 heterocycles. The number of nitrogens with one attached hydrogen (secondary N) is 2. The van der Waals surface area contributed by atoms with Crippen molar-refractivity contribution >= 4 is 23.4 Å². The van der Waals surface area contributed by atoms with E-state index in [9.17, 15) is 14.0 Å². The summed E-state index contributed by atoms with van der Waals surface area (Å²) in [5.74, 6) is -0.478. The molecule has 0 radical (unpaired) electrons. The zero-order chi connectivity index (χ0) is 28.4. The van der Waals surface area contributed by atoms with Crippen molar-refractivity contribution in [2.45, 2.75) is 25.9 Å². The largest absolute Gasteiger partial charge is 0.484 e. The van der Waals surface area contributed by atoms with Gasteiger partial charge in [-0.3, -0.25) is 9.59 Å². The maximum Gasteiger partial charge on any atom is 0.251 e. The molecule has 5 nitrogen and oxygen atoms in total. The molecule has 0 fully saturated rings. The molecule has 5 rings (SSSR count). The Kier molecular flexibility index (Phi) is 7.90. The fourth-order valence-corrected chi connectivity index (χ4v) is 5.25. The normalized spacial score (nSPS) is 15.8. The molecule has 0 saturated carbocycles. The van der Waals surface area contributed by atoms with E-state index >= 15 is 0 Å². The van der Waals surface area contributed by atoms with E-state index in [2.05, 4.69) is 10.6 Å². The molecule has 2 atom stereocenters. The average molecular weight is 557 g/mol. The lowest BCUT2D eigenvalue weighted by Crippen LogP contribution is -2.28. The smallest absolute Gasteiger partial charge is 0.251 e. The van der Waals surface area contributed by atoms with Gasteiger partial charge in [0.15, 0.2) is 0 Å². The molecule has 4 aromatic carbocycles. The van der Waals surface area contributed by atoms with Gasteiger partial charge >= 0.3 is 0 Å². The molecule has 1 aliphatic heterocycles. The molecule has 2 N–H and O–H groups in total. The van der Waals surface area contributed by atoms with Crippen molar-refractivity contribution in [2.24, 2.45) is 5.92 Å². The topological polar surface area (TPSA) is 67.4 Å². The van der Waals surface area contributed by atoms with Crippen LogP contribution in [0.4, 0.5) is 4.39 Å². The number of hydrogen-bond donors (Lipinski definition) is 2. The molecule has 0 aliphatic carbocycles. The third-order valence-corrected chi connectivity index (χ3v) is 7.39. The van der Waals surface area contributed by atoms with Gasteiger partial charge in [-0.25, -0.2) is 4.39 Å². The molecular formula is C33H30ClFN2O3. The lowest BCUT2D eigenvalue weighted by atomic mass is 9.88. The minimum absolute atomic E-state index is 0.186. The second kappa shape index (κ2) is 11.5. The van der Waals surface area contributed by atoms with Crippen LogP contribution < -0.4 is 15.4 Å². The van der Waals surface area contributed by atoms with Crippen LogP contribution in [0.3, 0.4) is 0 Å². The summed E-state index contributed by atoms with van der Waals surface area (Å²) in [5, 5.41) is 6.32. The predicted molar refractivity (Wildman–Crippen MR) is 156 cm³/mol. The number of amides is 2. The predicted octanol–water partition coefficient (Wildman–Crippen LogP) is 7.16. The Morgan fingerprint density at radius 1 is 0.925 bits per heavy atom. The molecule has 2 amide bonds. The van der Waals surface area contributed by atoms with E-state index in [-0.39, 0.29) is 17.6 Å². The van der Waals surface area contributed by atoms with Crippen molar-refractivity contribution in [3.05, 3.63) is 112 Å². The van der Waals surface area contributed by atoms with E-state index in [1.165, 1.54) is 12.1 Å². The maximum absolute atomic E-state index is 13.6. The molecule has 40 heavy (non-hydrogen) atoms. The lowest BCUT2D eigenvalue weighted by Gasteiger charge is -2.18. The zero-order valence-corrected chi connectivity index (χ0v) is 23.3. The highest BCUT2D eigenvalue weighted by molar-refractivity contribution is 6.33. The second-order valence-electron chi connectivity index (χ2n) is 10.3. The van der Waals surface area contributed by atoms with E-state index < -0.39 is 12.0 Å². The van der Waals surface area contributed by atoms with Gasteiger partial charge in [0, 0.05) is 35.3 Å². The molecule has 204 valence electrons. The van der Waals surface area contributed by atoms with Gasteiger partial charge in [0.25, 0.3) is 5.91 Å². The number of halogens is 2. The van der Waals surface area contributed by atoms with Crippen LogP contribution in [0, 0.1) is 11.7 Å². The molecule has 0 saturated heterocycles. The first-order valence-electron chi connectivity index (χ1n) is 13.2. The first-order valence-corrected chi connectivity index (χ1v) is 13.6. The van der Waals surface area contributed by atoms with Crippen LogP contribution in [-0.4, -0.2) is 25.4 Å². The number of likely N-dealkylation sites (N-methyl/N-ethyl adjacent to an activating group) is 1. The Morgan fingerprint density at radius 3 is 2.33 bits per heavy atom. The van der Waals surface area contributed by atoms with Crippen LogP contribution in [0.5, 0.6) is 5.75 Å². The van der Waals surface area contributed by atoms with E-state index in [4.69, 9.17) is 16.3 Å². The van der Waals surface area contributed by atoms with E-state index in [1.54, 1.807) is 25.2 Å². The summed E-state index contributed by atoms with van der Waals surface area (Å²) in [6, 6.07) is 24.8. The number of carbonyl (C=O) groups is 2. The fraction of sp³-hybridized carbons (Fsp3) is 0.212. The third-order valence-electron chi connectivity index (χ3n) is 7.06. The molecule has 1 aliphatic rings. The number of carbonyl (C=O) groups excluding carboxylic acids is 2. The number of benzene rings is 4. The van der Waals surface area contributed by atoms with Crippen LogP contribution in [-0.2, 0) is 4.79 Å². The maximum atomic E-state index is 13.6. The van der Waals surface area contributed by atoms with Gasteiger partial charge < -0.3 is 15.4 Å². The first kappa shape index (κ1) is 27.4. The SMILES string of the molecule is CNC(=O)C1c2cc(-c3ccc(-c4ccccc4Cl)c(C(=O)NCC(C)C)c3)ccc2OC1c1ccc(F)cc1. The minimum atomic E-state index is -0.623. The van der Waals surface area contributed by atoms with Crippen LogP contribution >= 0.6 is 11.6 Å². The van der Waals surface area contributed by atoms with Gasteiger partial charge in [-0.05, 0) is 64.6 Å². The van der Waals surface area contributed by atoms with E-state index in [0.29, 0.717) is 34.4 Å². The van der Waals surface area contributed by atoms with E-state index in [1.807, 2.05) is 68.4 Å². The van der Waals surface area contributed by atoms with Gasteiger partial charge in [-0.15, -0.1) is 0 Å². The molecule has 0 aromatic heterocycles. The molecule has 0 spiro atoms. The van der Waals surface area contributed by atoms with Crippen LogP contribution in [0.2, 0.25) is 5.02 Å². The van der Waals surface area contributed by atoms with Crippen LogP contribution in [0.1, 0.15) is 47.4 Å². The third kappa shape index (κ3) is 5.45. The Balaban J connectivity index is 1.57. The monoisotopic (exact) mass is 556 g/mol. The summed E-state index contributed by atoms with van der Waals surface area (Å²) in [6.45, 7) is 4.63. The summed E-state index contributed by atoms with van der Waals surface area (Å²) < 4.78 is 19.8. The average Bonchev–Trinajstić information content (AvgIpc) is 3.34. The number of rotatable bonds is 7. The second-order valence-corrected chi connectivity index (χ2v) is 10.7. The Morgan fingerprint density at radius 2 is 1.62 bits per heavy atom. The highest BCUT2D eigenvalue weighted by atomic mass is 35.5. The van der Waals surface area contributed by atoms with Gasteiger partial charge in [-0.2, -0.15) is 0 Å². The van der Waals surface area contributed by atoms with Crippen LogP contribution in [0.25, 0.3) is 22.3 Å². The molecular weight excluding hydrogens is 527 g/mol. The summed E-state index contributed by atoms with van der Waals surface area (Å²) in [5.41, 5.74) is 5.10. The highest BCUT2D eigenvalue weighted by Crippen LogP contribution is 2.47. The summed E-state index contributed by atoms with van der Waals surface area (Å²) in [4.78, 5) is 26.4. The van der Waals surface area contributed by atoms with Gasteiger partial charge in [0.05, 0.1) is 0 Å². The first-order chi connectivity index (χ1) is 19.3.